The van der Waals surface area contributed by atoms with Crippen LogP contribution in [-0.2, 0) is 0 Å². The Kier molecular flexibility index (Phi) is 1.51. The van der Waals surface area contributed by atoms with Crippen molar-refractivity contribution in [3.63, 3.8) is 0 Å². The van der Waals surface area contributed by atoms with E-state index < -0.39 is 0 Å². The second-order valence-corrected chi connectivity index (χ2v) is 3.47. The maximum Gasteiger partial charge on any atom is 0.0658 e. The van der Waals surface area contributed by atoms with Crippen molar-refractivity contribution >= 4 is 29.1 Å². The largest absolute Gasteiger partial charge is 0.375 e. The molecule has 10 heavy (non-hydrogen) atoms. The number of thioether (sulfide) groups is 1. The monoisotopic (exact) mass is 171 g/mol. The molecule has 3 heteroatoms. The Hall–Kier alpha value is -0.340. The highest BCUT2D eigenvalue weighted by Gasteiger charge is 2.12. The summed E-state index contributed by atoms with van der Waals surface area (Å²) in [5, 5.41) is 4.07. The van der Waals surface area contributed by atoms with Gasteiger partial charge in [0.2, 0.25) is 0 Å². The van der Waals surface area contributed by atoms with Crippen LogP contribution in [0.4, 0.5) is 5.69 Å². The van der Waals surface area contributed by atoms with Crippen LogP contribution in [0.3, 0.4) is 0 Å². The first kappa shape index (κ1) is 6.38. The Labute approximate surface area is 68.8 Å². The standard InChI is InChI=1S/C7H6ClNS/c8-5-2-1-3-6-7(5)10-4-9-6/h1-3,9H,4H2. The molecular weight excluding hydrogens is 166 g/mol. The van der Waals surface area contributed by atoms with E-state index in [1.165, 1.54) is 4.90 Å². The van der Waals surface area contributed by atoms with Crippen LogP contribution in [0.1, 0.15) is 0 Å². The van der Waals surface area contributed by atoms with E-state index in [-0.39, 0.29) is 0 Å². The van der Waals surface area contributed by atoms with E-state index in [4.69, 9.17) is 11.6 Å². The highest BCUT2D eigenvalue weighted by molar-refractivity contribution is 8.00. The summed E-state index contributed by atoms with van der Waals surface area (Å²) in [6.45, 7) is 0. The Balaban J connectivity index is 2.59. The van der Waals surface area contributed by atoms with Crippen LogP contribution in [0.5, 0.6) is 0 Å². The predicted molar refractivity (Wildman–Crippen MR) is 45.8 cm³/mol. The van der Waals surface area contributed by atoms with Crippen LogP contribution in [-0.4, -0.2) is 5.88 Å². The van der Waals surface area contributed by atoms with E-state index in [0.29, 0.717) is 0 Å². The molecule has 0 saturated heterocycles. The van der Waals surface area contributed by atoms with Gasteiger partial charge in [-0.1, -0.05) is 17.7 Å². The molecule has 1 N–H and O–H groups in total. The Morgan fingerprint density at radius 3 is 3.20 bits per heavy atom. The van der Waals surface area contributed by atoms with E-state index >= 15 is 0 Å². The summed E-state index contributed by atoms with van der Waals surface area (Å²) >= 11 is 7.66. The number of fused-ring (bicyclic) bond motifs is 1. The molecule has 1 nitrogen and oxygen atoms in total. The van der Waals surface area contributed by atoms with Gasteiger partial charge in [0.1, 0.15) is 0 Å². The van der Waals surface area contributed by atoms with Gasteiger partial charge in [0.25, 0.3) is 0 Å². The molecule has 0 fully saturated rings. The summed E-state index contributed by atoms with van der Waals surface area (Å²) in [5.74, 6) is 0.944. The molecule has 1 aromatic rings. The number of benzene rings is 1. The van der Waals surface area contributed by atoms with Gasteiger partial charge in [0.15, 0.2) is 0 Å². The molecule has 1 aromatic carbocycles. The van der Waals surface area contributed by atoms with E-state index in [0.717, 1.165) is 16.6 Å². The first-order chi connectivity index (χ1) is 4.88. The number of anilines is 1. The number of nitrogens with one attached hydrogen (secondary N) is 1. The highest BCUT2D eigenvalue weighted by atomic mass is 35.5. The van der Waals surface area contributed by atoms with Crippen molar-refractivity contribution in [2.24, 2.45) is 0 Å². The fourth-order valence-corrected chi connectivity index (χ4v) is 2.19. The summed E-state index contributed by atoms with van der Waals surface area (Å²) in [6, 6.07) is 5.92. The van der Waals surface area contributed by atoms with Crippen LogP contribution in [0.2, 0.25) is 5.02 Å². The molecule has 0 spiro atoms. The Morgan fingerprint density at radius 2 is 2.40 bits per heavy atom. The first-order valence-corrected chi connectivity index (χ1v) is 4.39. The second kappa shape index (κ2) is 2.36. The van der Waals surface area contributed by atoms with E-state index in [2.05, 4.69) is 5.32 Å². The third-order valence-electron chi connectivity index (χ3n) is 1.45. The van der Waals surface area contributed by atoms with Gasteiger partial charge in [0.05, 0.1) is 21.5 Å². The van der Waals surface area contributed by atoms with Gasteiger partial charge >= 0.3 is 0 Å². The molecule has 0 unspecified atom stereocenters. The van der Waals surface area contributed by atoms with E-state index in [1.54, 1.807) is 11.8 Å². The van der Waals surface area contributed by atoms with E-state index in [1.807, 2.05) is 18.2 Å². The molecule has 1 aliphatic rings. The minimum Gasteiger partial charge on any atom is -0.375 e. The summed E-state index contributed by atoms with van der Waals surface area (Å²) in [5.41, 5.74) is 1.16. The van der Waals surface area contributed by atoms with E-state index in [9.17, 15) is 0 Å². The van der Waals surface area contributed by atoms with Gasteiger partial charge in [-0.2, -0.15) is 0 Å². The molecule has 1 heterocycles. The lowest BCUT2D eigenvalue weighted by atomic mass is 10.3. The number of halogens is 1. The van der Waals surface area contributed by atoms with Crippen molar-refractivity contribution < 1.29 is 0 Å². The Bertz CT molecular complexity index is 262. The smallest absolute Gasteiger partial charge is 0.0658 e. The number of hydrogen-bond acceptors (Lipinski definition) is 2. The van der Waals surface area contributed by atoms with Gasteiger partial charge in [0, 0.05) is 0 Å². The van der Waals surface area contributed by atoms with Crippen LogP contribution in [0, 0.1) is 0 Å². The lowest BCUT2D eigenvalue weighted by Crippen LogP contribution is -1.86. The molecule has 0 radical (unpaired) electrons. The SMILES string of the molecule is Clc1cccc2c1SCN2. The van der Waals surface area contributed by atoms with Crippen molar-refractivity contribution in [3.05, 3.63) is 23.2 Å². The third-order valence-corrected chi connectivity index (χ3v) is 2.89. The zero-order chi connectivity index (χ0) is 6.97. The summed E-state index contributed by atoms with van der Waals surface area (Å²) in [4.78, 5) is 1.18. The van der Waals surface area contributed by atoms with Crippen molar-refractivity contribution in [2.45, 2.75) is 4.90 Å². The fraction of sp³-hybridized carbons (Fsp3) is 0.143. The summed E-state index contributed by atoms with van der Waals surface area (Å²) in [6.07, 6.45) is 0. The van der Waals surface area contributed by atoms with Crippen LogP contribution in [0.25, 0.3) is 0 Å². The molecule has 0 bridgehead atoms. The molecule has 2 rings (SSSR count). The minimum absolute atomic E-state index is 0.854. The molecule has 0 amide bonds. The highest BCUT2D eigenvalue weighted by Crippen LogP contribution is 2.38. The maximum atomic E-state index is 5.91. The van der Waals surface area contributed by atoms with Crippen molar-refractivity contribution in [3.8, 4) is 0 Å². The van der Waals surface area contributed by atoms with Crippen LogP contribution in [0.15, 0.2) is 23.1 Å². The average molecular weight is 172 g/mol. The van der Waals surface area contributed by atoms with Crippen molar-refractivity contribution in [2.75, 3.05) is 11.2 Å². The molecule has 0 aliphatic carbocycles. The predicted octanol–water partition coefficient (Wildman–Crippen LogP) is 2.82. The number of hydrogen-bond donors (Lipinski definition) is 1. The average Bonchev–Trinajstić information content (AvgIpc) is 2.36. The van der Waals surface area contributed by atoms with Gasteiger partial charge < -0.3 is 5.32 Å². The van der Waals surface area contributed by atoms with Gasteiger partial charge in [-0.25, -0.2) is 0 Å². The first-order valence-electron chi connectivity index (χ1n) is 3.03. The molecule has 52 valence electrons. The minimum atomic E-state index is 0.854. The topological polar surface area (TPSA) is 12.0 Å². The van der Waals surface area contributed by atoms with Crippen molar-refractivity contribution in [1.29, 1.82) is 0 Å². The second-order valence-electron chi connectivity index (χ2n) is 2.08. The maximum absolute atomic E-state index is 5.91. The zero-order valence-electron chi connectivity index (χ0n) is 5.23. The fourth-order valence-electron chi connectivity index (χ4n) is 0.981. The normalized spacial score (nSPS) is 14.5. The molecule has 0 aromatic heterocycles. The lowest BCUT2D eigenvalue weighted by molar-refractivity contribution is 1.43. The zero-order valence-corrected chi connectivity index (χ0v) is 6.80. The lowest BCUT2D eigenvalue weighted by Gasteiger charge is -1.97. The van der Waals surface area contributed by atoms with Gasteiger partial charge in [-0.15, -0.1) is 11.8 Å². The molecule has 1 aliphatic heterocycles. The van der Waals surface area contributed by atoms with Gasteiger partial charge in [-0.3, -0.25) is 0 Å². The molecule has 0 saturated carbocycles. The third kappa shape index (κ3) is 0.879. The summed E-state index contributed by atoms with van der Waals surface area (Å²) < 4.78 is 0. The van der Waals surface area contributed by atoms with Crippen molar-refractivity contribution in [1.82, 2.24) is 0 Å². The van der Waals surface area contributed by atoms with Gasteiger partial charge in [-0.05, 0) is 12.1 Å². The summed E-state index contributed by atoms with van der Waals surface area (Å²) in [7, 11) is 0. The number of rotatable bonds is 0. The molecular formula is C7H6ClNS. The quantitative estimate of drug-likeness (QED) is 0.645. The molecule has 0 atom stereocenters. The van der Waals surface area contributed by atoms with Crippen LogP contribution >= 0.6 is 23.4 Å². The Morgan fingerprint density at radius 1 is 1.50 bits per heavy atom. The van der Waals surface area contributed by atoms with Crippen LogP contribution < -0.4 is 5.32 Å².